The van der Waals surface area contributed by atoms with Crippen molar-refractivity contribution in [1.82, 2.24) is 14.8 Å². The quantitative estimate of drug-likeness (QED) is 0.885. The Morgan fingerprint density at radius 1 is 1.37 bits per heavy atom. The molecule has 3 rings (SSSR count). The fourth-order valence-corrected chi connectivity index (χ4v) is 2.17. The van der Waals surface area contributed by atoms with Gasteiger partial charge in [0.1, 0.15) is 17.3 Å². The first kappa shape index (κ1) is 12.2. The zero-order chi connectivity index (χ0) is 13.2. The summed E-state index contributed by atoms with van der Waals surface area (Å²) < 4.78 is 7.27. The average molecular weight is 258 g/mol. The Bertz CT molecular complexity index is 575. The molecule has 1 aromatic carbocycles. The fourth-order valence-electron chi connectivity index (χ4n) is 2.17. The molecule has 0 spiro atoms. The summed E-state index contributed by atoms with van der Waals surface area (Å²) in [7, 11) is 1.67. The van der Waals surface area contributed by atoms with Gasteiger partial charge in [0, 0.05) is 12.3 Å². The topological polar surface area (TPSA) is 66.0 Å². The van der Waals surface area contributed by atoms with Gasteiger partial charge in [-0.05, 0) is 31.5 Å². The molecule has 1 fully saturated rings. The van der Waals surface area contributed by atoms with Crippen LogP contribution in [-0.4, -0.2) is 28.4 Å². The Hall–Kier alpha value is -1.88. The lowest BCUT2D eigenvalue weighted by Gasteiger charge is -2.09. The molecule has 0 saturated heterocycles. The van der Waals surface area contributed by atoms with Gasteiger partial charge < -0.3 is 10.5 Å². The van der Waals surface area contributed by atoms with Crippen molar-refractivity contribution in [1.29, 1.82) is 0 Å². The lowest BCUT2D eigenvalue weighted by Crippen LogP contribution is -2.10. The highest BCUT2D eigenvalue weighted by atomic mass is 16.5. The Labute approximate surface area is 112 Å². The summed E-state index contributed by atoms with van der Waals surface area (Å²) in [6.45, 7) is 0.567. The Balaban J connectivity index is 2.06. The number of hydrogen-bond acceptors (Lipinski definition) is 4. The summed E-state index contributed by atoms with van der Waals surface area (Å²) in [6.07, 6.45) is 3.10. The van der Waals surface area contributed by atoms with Crippen LogP contribution in [-0.2, 0) is 6.42 Å². The second-order valence-electron chi connectivity index (χ2n) is 4.78. The Morgan fingerprint density at radius 3 is 2.84 bits per heavy atom. The highest BCUT2D eigenvalue weighted by Gasteiger charge is 2.29. The van der Waals surface area contributed by atoms with E-state index in [-0.39, 0.29) is 0 Å². The number of ether oxygens (including phenoxy) is 1. The summed E-state index contributed by atoms with van der Waals surface area (Å²) in [5.41, 5.74) is 6.59. The molecule has 19 heavy (non-hydrogen) atoms. The Morgan fingerprint density at radius 2 is 2.16 bits per heavy atom. The summed E-state index contributed by atoms with van der Waals surface area (Å²) in [4.78, 5) is 4.63. The summed E-state index contributed by atoms with van der Waals surface area (Å²) >= 11 is 0. The summed E-state index contributed by atoms with van der Waals surface area (Å²) in [5.74, 6) is 3.18. The number of nitrogens with two attached hydrogens (primary N) is 1. The van der Waals surface area contributed by atoms with E-state index in [1.54, 1.807) is 7.11 Å². The van der Waals surface area contributed by atoms with E-state index >= 15 is 0 Å². The highest BCUT2D eigenvalue weighted by molar-refractivity contribution is 5.46. The molecule has 1 aliphatic carbocycles. The van der Waals surface area contributed by atoms with E-state index in [1.807, 2.05) is 28.9 Å². The Kier molecular flexibility index (Phi) is 3.21. The van der Waals surface area contributed by atoms with E-state index in [2.05, 4.69) is 10.1 Å². The van der Waals surface area contributed by atoms with Gasteiger partial charge in [0.2, 0.25) is 0 Å². The van der Waals surface area contributed by atoms with E-state index < -0.39 is 0 Å². The van der Waals surface area contributed by atoms with Gasteiger partial charge in [0.25, 0.3) is 0 Å². The molecule has 2 aromatic rings. The van der Waals surface area contributed by atoms with Crippen LogP contribution in [0.15, 0.2) is 24.3 Å². The van der Waals surface area contributed by atoms with Crippen LogP contribution in [0.3, 0.4) is 0 Å². The second-order valence-corrected chi connectivity index (χ2v) is 4.78. The molecular formula is C14H18N4O. The van der Waals surface area contributed by atoms with Crippen molar-refractivity contribution in [3.63, 3.8) is 0 Å². The standard InChI is InChI=1S/C14H18N4O/c1-19-12-5-3-2-4-11(12)18-13(8-9-15)16-14(17-18)10-6-7-10/h2-5,10H,6-9,15H2,1H3. The third kappa shape index (κ3) is 2.33. The first-order valence-corrected chi connectivity index (χ1v) is 6.62. The average Bonchev–Trinajstić information content (AvgIpc) is 3.21. The van der Waals surface area contributed by atoms with Crippen LogP contribution >= 0.6 is 0 Å². The molecule has 0 unspecified atom stereocenters. The van der Waals surface area contributed by atoms with Crippen molar-refractivity contribution in [2.24, 2.45) is 5.73 Å². The molecule has 5 nitrogen and oxygen atoms in total. The molecule has 1 heterocycles. The highest BCUT2D eigenvalue weighted by Crippen LogP contribution is 2.38. The van der Waals surface area contributed by atoms with E-state index in [4.69, 9.17) is 10.5 Å². The van der Waals surface area contributed by atoms with Gasteiger partial charge in [-0.2, -0.15) is 5.10 Å². The van der Waals surface area contributed by atoms with E-state index in [9.17, 15) is 0 Å². The van der Waals surface area contributed by atoms with Gasteiger partial charge in [-0.15, -0.1) is 0 Å². The maximum atomic E-state index is 5.67. The lowest BCUT2D eigenvalue weighted by atomic mass is 10.3. The van der Waals surface area contributed by atoms with Crippen molar-refractivity contribution in [2.45, 2.75) is 25.2 Å². The van der Waals surface area contributed by atoms with E-state index in [0.29, 0.717) is 12.5 Å². The van der Waals surface area contributed by atoms with Gasteiger partial charge in [-0.1, -0.05) is 12.1 Å². The number of benzene rings is 1. The first-order valence-electron chi connectivity index (χ1n) is 6.62. The largest absolute Gasteiger partial charge is 0.494 e. The number of hydrogen-bond donors (Lipinski definition) is 1. The van der Waals surface area contributed by atoms with Crippen LogP contribution < -0.4 is 10.5 Å². The van der Waals surface area contributed by atoms with Crippen LogP contribution in [0.5, 0.6) is 5.75 Å². The molecule has 1 aromatic heterocycles. The van der Waals surface area contributed by atoms with E-state index in [1.165, 1.54) is 12.8 Å². The van der Waals surface area contributed by atoms with Crippen molar-refractivity contribution in [3.05, 3.63) is 35.9 Å². The van der Waals surface area contributed by atoms with Gasteiger partial charge in [-0.3, -0.25) is 0 Å². The van der Waals surface area contributed by atoms with Gasteiger partial charge in [0.05, 0.1) is 7.11 Å². The molecule has 1 aliphatic rings. The number of nitrogens with zero attached hydrogens (tertiary/aromatic N) is 3. The lowest BCUT2D eigenvalue weighted by molar-refractivity contribution is 0.411. The molecule has 0 amide bonds. The minimum Gasteiger partial charge on any atom is -0.494 e. The molecule has 1 saturated carbocycles. The molecule has 0 aliphatic heterocycles. The molecule has 0 atom stereocenters. The SMILES string of the molecule is COc1ccccc1-n1nc(C2CC2)nc1CCN. The van der Waals surface area contributed by atoms with Crippen LogP contribution in [0.2, 0.25) is 0 Å². The summed E-state index contributed by atoms with van der Waals surface area (Å²) in [6, 6.07) is 7.84. The van der Waals surface area contributed by atoms with Gasteiger partial charge >= 0.3 is 0 Å². The molecule has 5 heteroatoms. The van der Waals surface area contributed by atoms with Crippen molar-refractivity contribution in [2.75, 3.05) is 13.7 Å². The molecule has 2 N–H and O–H groups in total. The predicted molar refractivity (Wildman–Crippen MR) is 72.6 cm³/mol. The second kappa shape index (κ2) is 5.01. The smallest absolute Gasteiger partial charge is 0.154 e. The number of rotatable bonds is 5. The number of methoxy groups -OCH3 is 1. The van der Waals surface area contributed by atoms with Gasteiger partial charge in [0.15, 0.2) is 5.82 Å². The predicted octanol–water partition coefficient (Wildman–Crippen LogP) is 1.65. The zero-order valence-electron chi connectivity index (χ0n) is 11.0. The van der Waals surface area contributed by atoms with Gasteiger partial charge in [-0.25, -0.2) is 9.67 Å². The minimum absolute atomic E-state index is 0.535. The van der Waals surface area contributed by atoms with Crippen LogP contribution in [0.25, 0.3) is 5.69 Å². The number of aromatic nitrogens is 3. The van der Waals surface area contributed by atoms with Crippen molar-refractivity contribution < 1.29 is 4.74 Å². The third-order valence-corrected chi connectivity index (χ3v) is 3.31. The van der Waals surface area contributed by atoms with E-state index in [0.717, 1.165) is 29.5 Å². The maximum absolute atomic E-state index is 5.67. The summed E-state index contributed by atoms with van der Waals surface area (Å²) in [5, 5.41) is 4.64. The maximum Gasteiger partial charge on any atom is 0.154 e. The number of para-hydroxylation sites is 2. The zero-order valence-corrected chi connectivity index (χ0v) is 11.0. The first-order chi connectivity index (χ1) is 9.33. The molecule has 0 bridgehead atoms. The molecular weight excluding hydrogens is 240 g/mol. The normalized spacial score (nSPS) is 14.6. The van der Waals surface area contributed by atoms with Crippen LogP contribution in [0.4, 0.5) is 0 Å². The monoisotopic (exact) mass is 258 g/mol. The van der Waals surface area contributed by atoms with Crippen LogP contribution in [0, 0.1) is 0 Å². The van der Waals surface area contributed by atoms with Crippen molar-refractivity contribution >= 4 is 0 Å². The fraction of sp³-hybridized carbons (Fsp3) is 0.429. The third-order valence-electron chi connectivity index (χ3n) is 3.31. The van der Waals surface area contributed by atoms with Crippen molar-refractivity contribution in [3.8, 4) is 11.4 Å². The molecule has 0 radical (unpaired) electrons. The van der Waals surface area contributed by atoms with Crippen LogP contribution in [0.1, 0.15) is 30.4 Å². The minimum atomic E-state index is 0.535. The molecule has 100 valence electrons.